The summed E-state index contributed by atoms with van der Waals surface area (Å²) >= 11 is 0. The molecule has 1 saturated heterocycles. The maximum absolute atomic E-state index is 11.0. The second-order valence-electron chi connectivity index (χ2n) is 4.33. The number of methoxy groups -OCH3 is 3. The number of ether oxygens (including phenoxy) is 4. The molecule has 4 atom stereocenters. The van der Waals surface area contributed by atoms with E-state index in [1.54, 1.807) is 21.3 Å². The third kappa shape index (κ3) is 2.66. The molecular formula is C11H18N4O5. The molecule has 1 aliphatic rings. The molecule has 2 rings (SSSR count). The molecule has 0 radical (unpaired) electrons. The number of aromatic nitrogens is 3. The molecule has 0 bridgehead atoms. The first kappa shape index (κ1) is 14.9. The van der Waals surface area contributed by atoms with Crippen molar-refractivity contribution < 1.29 is 23.7 Å². The SMILES string of the molecule is COCC1O[C@@H](n2cnc(C(N)=O)n2)C(OC)C1OC. The molecule has 1 aromatic rings. The van der Waals surface area contributed by atoms with Crippen LogP contribution in [0, 0.1) is 0 Å². The van der Waals surface area contributed by atoms with Crippen molar-refractivity contribution in [1.82, 2.24) is 14.8 Å². The van der Waals surface area contributed by atoms with Crippen molar-refractivity contribution >= 4 is 5.91 Å². The first-order valence-electron chi connectivity index (χ1n) is 6.03. The van der Waals surface area contributed by atoms with E-state index >= 15 is 0 Å². The van der Waals surface area contributed by atoms with Crippen molar-refractivity contribution in [3.8, 4) is 0 Å². The first-order chi connectivity index (χ1) is 9.62. The molecule has 3 unspecified atom stereocenters. The Morgan fingerprint density at radius 1 is 1.40 bits per heavy atom. The summed E-state index contributed by atoms with van der Waals surface area (Å²) in [7, 11) is 4.70. The fraction of sp³-hybridized carbons (Fsp3) is 0.727. The largest absolute Gasteiger partial charge is 0.382 e. The normalized spacial score (nSPS) is 29.8. The number of hydrogen-bond acceptors (Lipinski definition) is 7. The Hall–Kier alpha value is -1.55. The van der Waals surface area contributed by atoms with Crippen LogP contribution in [0.1, 0.15) is 16.8 Å². The molecule has 2 N–H and O–H groups in total. The summed E-state index contributed by atoms with van der Waals surface area (Å²) in [5.41, 5.74) is 5.13. The van der Waals surface area contributed by atoms with Crippen molar-refractivity contribution in [2.45, 2.75) is 24.5 Å². The van der Waals surface area contributed by atoms with Crippen LogP contribution in [0.2, 0.25) is 0 Å². The van der Waals surface area contributed by atoms with E-state index in [2.05, 4.69) is 10.1 Å². The van der Waals surface area contributed by atoms with Crippen LogP contribution in [-0.4, -0.2) is 66.9 Å². The molecule has 112 valence electrons. The van der Waals surface area contributed by atoms with Crippen LogP contribution in [0.5, 0.6) is 0 Å². The lowest BCUT2D eigenvalue weighted by molar-refractivity contribution is -0.0709. The third-order valence-electron chi connectivity index (χ3n) is 3.15. The Bertz CT molecular complexity index is 465. The highest BCUT2D eigenvalue weighted by Crippen LogP contribution is 2.32. The van der Waals surface area contributed by atoms with Gasteiger partial charge in [0, 0.05) is 21.3 Å². The van der Waals surface area contributed by atoms with Gasteiger partial charge in [0.2, 0.25) is 5.82 Å². The number of carbonyl (C=O) groups excluding carboxylic acids is 1. The highest BCUT2D eigenvalue weighted by atomic mass is 16.6. The molecule has 0 saturated carbocycles. The van der Waals surface area contributed by atoms with Gasteiger partial charge in [-0.25, -0.2) is 9.67 Å². The molecule has 9 nitrogen and oxygen atoms in total. The highest BCUT2D eigenvalue weighted by molar-refractivity contribution is 5.88. The summed E-state index contributed by atoms with van der Waals surface area (Å²) in [6, 6.07) is 0. The van der Waals surface area contributed by atoms with Crippen LogP contribution in [0.25, 0.3) is 0 Å². The average Bonchev–Trinajstić information content (AvgIpc) is 3.02. The molecule has 0 aliphatic carbocycles. The van der Waals surface area contributed by atoms with E-state index in [9.17, 15) is 4.79 Å². The van der Waals surface area contributed by atoms with Crippen molar-refractivity contribution in [2.24, 2.45) is 5.73 Å². The predicted molar refractivity (Wildman–Crippen MR) is 65.9 cm³/mol. The van der Waals surface area contributed by atoms with Gasteiger partial charge < -0.3 is 24.7 Å². The van der Waals surface area contributed by atoms with Gasteiger partial charge in [-0.1, -0.05) is 0 Å². The van der Waals surface area contributed by atoms with Crippen molar-refractivity contribution in [3.05, 3.63) is 12.2 Å². The maximum Gasteiger partial charge on any atom is 0.288 e. The molecule has 9 heteroatoms. The maximum atomic E-state index is 11.0. The topological polar surface area (TPSA) is 111 Å². The zero-order valence-electron chi connectivity index (χ0n) is 11.6. The van der Waals surface area contributed by atoms with Crippen LogP contribution in [0.3, 0.4) is 0 Å². The van der Waals surface area contributed by atoms with Crippen LogP contribution >= 0.6 is 0 Å². The molecule has 2 heterocycles. The lowest BCUT2D eigenvalue weighted by Crippen LogP contribution is -2.37. The fourth-order valence-electron chi connectivity index (χ4n) is 2.27. The Balaban J connectivity index is 2.22. The number of rotatable bonds is 6. The minimum atomic E-state index is -0.701. The van der Waals surface area contributed by atoms with Gasteiger partial charge in [-0.05, 0) is 0 Å². The molecule has 0 aromatic carbocycles. The molecular weight excluding hydrogens is 268 g/mol. The molecule has 1 aromatic heterocycles. The molecule has 1 fully saturated rings. The predicted octanol–water partition coefficient (Wildman–Crippen LogP) is -1.05. The number of hydrogen-bond donors (Lipinski definition) is 1. The van der Waals surface area contributed by atoms with Crippen LogP contribution in [-0.2, 0) is 18.9 Å². The van der Waals surface area contributed by atoms with Gasteiger partial charge >= 0.3 is 0 Å². The number of primary amides is 1. The van der Waals surface area contributed by atoms with E-state index < -0.39 is 18.2 Å². The van der Waals surface area contributed by atoms with Gasteiger partial charge in [0.1, 0.15) is 24.6 Å². The Labute approximate surface area is 115 Å². The summed E-state index contributed by atoms with van der Waals surface area (Å²) in [6.07, 6.45) is -0.209. The zero-order chi connectivity index (χ0) is 14.7. The van der Waals surface area contributed by atoms with Gasteiger partial charge in [-0.2, -0.15) is 0 Å². The van der Waals surface area contributed by atoms with Crippen LogP contribution < -0.4 is 5.73 Å². The van der Waals surface area contributed by atoms with E-state index in [0.717, 1.165) is 0 Å². The Morgan fingerprint density at radius 2 is 2.10 bits per heavy atom. The van der Waals surface area contributed by atoms with Crippen molar-refractivity contribution in [2.75, 3.05) is 27.9 Å². The smallest absolute Gasteiger partial charge is 0.288 e. The number of nitrogens with zero attached hydrogens (tertiary/aromatic N) is 3. The number of carbonyl (C=O) groups is 1. The number of nitrogens with two attached hydrogens (primary N) is 1. The van der Waals surface area contributed by atoms with E-state index in [1.165, 1.54) is 11.0 Å². The average molecular weight is 286 g/mol. The summed E-state index contributed by atoms with van der Waals surface area (Å²) in [4.78, 5) is 14.9. The van der Waals surface area contributed by atoms with E-state index in [4.69, 9.17) is 24.7 Å². The molecule has 1 aliphatic heterocycles. The van der Waals surface area contributed by atoms with Crippen LogP contribution in [0.15, 0.2) is 6.33 Å². The second kappa shape index (κ2) is 6.27. The van der Waals surface area contributed by atoms with E-state index in [1.807, 2.05) is 0 Å². The summed E-state index contributed by atoms with van der Waals surface area (Å²) in [5, 5.41) is 3.98. The Morgan fingerprint density at radius 3 is 2.60 bits per heavy atom. The summed E-state index contributed by atoms with van der Waals surface area (Å²) in [6.45, 7) is 0.353. The second-order valence-corrected chi connectivity index (χ2v) is 4.33. The standard InChI is InChI=1S/C11H18N4O5/c1-17-4-6-7(18-2)8(19-3)11(20-6)15-5-13-10(14-15)9(12)16/h5-8,11H,4H2,1-3H3,(H2,12,16)/t6?,7?,8?,11-/m1/s1. The fourth-order valence-corrected chi connectivity index (χ4v) is 2.27. The van der Waals surface area contributed by atoms with Gasteiger partial charge in [0.15, 0.2) is 6.23 Å². The molecule has 1 amide bonds. The Kier molecular flexibility index (Phi) is 4.65. The highest BCUT2D eigenvalue weighted by Gasteiger charge is 2.46. The van der Waals surface area contributed by atoms with Gasteiger partial charge in [-0.15, -0.1) is 5.10 Å². The van der Waals surface area contributed by atoms with Crippen molar-refractivity contribution in [1.29, 1.82) is 0 Å². The van der Waals surface area contributed by atoms with Crippen LogP contribution in [0.4, 0.5) is 0 Å². The molecule has 20 heavy (non-hydrogen) atoms. The van der Waals surface area contributed by atoms with E-state index in [-0.39, 0.29) is 18.0 Å². The van der Waals surface area contributed by atoms with E-state index in [0.29, 0.717) is 6.61 Å². The zero-order valence-corrected chi connectivity index (χ0v) is 11.6. The first-order valence-corrected chi connectivity index (χ1v) is 6.03. The minimum absolute atomic E-state index is 0.0763. The lowest BCUT2D eigenvalue weighted by Gasteiger charge is -2.21. The quantitative estimate of drug-likeness (QED) is 0.710. The molecule has 0 spiro atoms. The van der Waals surface area contributed by atoms with Gasteiger partial charge in [-0.3, -0.25) is 4.79 Å². The monoisotopic (exact) mass is 286 g/mol. The summed E-state index contributed by atoms with van der Waals surface area (Å²) in [5.74, 6) is -0.778. The summed E-state index contributed by atoms with van der Waals surface area (Å²) < 4.78 is 23.1. The third-order valence-corrected chi connectivity index (χ3v) is 3.15. The van der Waals surface area contributed by atoms with Gasteiger partial charge in [0.05, 0.1) is 6.61 Å². The number of amides is 1. The lowest BCUT2D eigenvalue weighted by atomic mass is 10.1. The van der Waals surface area contributed by atoms with Crippen molar-refractivity contribution in [3.63, 3.8) is 0 Å². The minimum Gasteiger partial charge on any atom is -0.382 e. The van der Waals surface area contributed by atoms with Gasteiger partial charge in [0.25, 0.3) is 5.91 Å².